The van der Waals surface area contributed by atoms with E-state index in [1.165, 1.54) is 0 Å². The van der Waals surface area contributed by atoms with Gasteiger partial charge in [-0.15, -0.1) is 0 Å². The van der Waals surface area contributed by atoms with Crippen LogP contribution in [0, 0.1) is 0 Å². The van der Waals surface area contributed by atoms with Crippen molar-refractivity contribution in [1.29, 1.82) is 0 Å². The molecular weight excluding hydrogens is 144 g/mol. The molecule has 11 heavy (non-hydrogen) atoms. The van der Waals surface area contributed by atoms with E-state index in [0.29, 0.717) is 19.3 Å². The highest BCUT2D eigenvalue weighted by Gasteiger charge is 2.52. The van der Waals surface area contributed by atoms with Gasteiger partial charge in [-0.1, -0.05) is 0 Å². The summed E-state index contributed by atoms with van der Waals surface area (Å²) in [6, 6.07) is 0. The van der Waals surface area contributed by atoms with Crippen LogP contribution in [-0.2, 0) is 0 Å². The van der Waals surface area contributed by atoms with E-state index in [2.05, 4.69) is 0 Å². The van der Waals surface area contributed by atoms with Crippen molar-refractivity contribution in [1.82, 2.24) is 0 Å². The molecule has 3 heteroatoms. The number of rotatable bonds is 3. The Morgan fingerprint density at radius 2 is 1.64 bits per heavy atom. The smallest absolute Gasteiger partial charge is 0.0908 e. The Morgan fingerprint density at radius 1 is 1.09 bits per heavy atom. The van der Waals surface area contributed by atoms with Crippen molar-refractivity contribution < 1.29 is 15.3 Å². The molecule has 2 aliphatic carbocycles. The zero-order chi connectivity index (χ0) is 8.11. The van der Waals surface area contributed by atoms with Crippen LogP contribution in [0.5, 0.6) is 0 Å². The third-order valence-corrected chi connectivity index (χ3v) is 2.78. The molecule has 0 aliphatic heterocycles. The molecule has 0 bridgehead atoms. The van der Waals surface area contributed by atoms with Gasteiger partial charge in [-0.3, -0.25) is 0 Å². The number of aliphatic hydroxyl groups is 3. The molecule has 0 aromatic carbocycles. The standard InChI is InChI=1S/C8H14O3/c9-6(8(11)3-4-8)5-7(10)1-2-7/h6,9-11H,1-5H2/t6-/m1/s1. The van der Waals surface area contributed by atoms with E-state index >= 15 is 0 Å². The van der Waals surface area contributed by atoms with Crippen LogP contribution in [-0.4, -0.2) is 32.6 Å². The predicted octanol–water partition coefficient (Wildman–Crippen LogP) is -0.213. The molecule has 0 spiro atoms. The van der Waals surface area contributed by atoms with E-state index in [4.69, 9.17) is 0 Å². The Bertz CT molecular complexity index is 170. The van der Waals surface area contributed by atoms with Gasteiger partial charge in [-0.25, -0.2) is 0 Å². The average molecular weight is 158 g/mol. The van der Waals surface area contributed by atoms with Crippen LogP contribution in [0.25, 0.3) is 0 Å². The highest BCUT2D eigenvalue weighted by molar-refractivity contribution is 5.05. The normalized spacial score (nSPS) is 33.0. The van der Waals surface area contributed by atoms with E-state index in [9.17, 15) is 15.3 Å². The van der Waals surface area contributed by atoms with Crippen LogP contribution in [0.2, 0.25) is 0 Å². The second-order valence-corrected chi connectivity index (χ2v) is 4.05. The van der Waals surface area contributed by atoms with Crippen molar-refractivity contribution in [3.63, 3.8) is 0 Å². The zero-order valence-electron chi connectivity index (χ0n) is 6.45. The molecule has 2 rings (SSSR count). The Hall–Kier alpha value is -0.120. The molecule has 0 unspecified atom stereocenters. The molecule has 0 radical (unpaired) electrons. The first-order valence-corrected chi connectivity index (χ1v) is 4.17. The van der Waals surface area contributed by atoms with Crippen molar-refractivity contribution in [3.05, 3.63) is 0 Å². The number of hydrogen-bond acceptors (Lipinski definition) is 3. The molecule has 3 nitrogen and oxygen atoms in total. The molecule has 0 heterocycles. The fraction of sp³-hybridized carbons (Fsp3) is 1.00. The molecule has 64 valence electrons. The molecule has 2 aliphatic rings. The Morgan fingerprint density at radius 3 is 2.00 bits per heavy atom. The van der Waals surface area contributed by atoms with Crippen LogP contribution in [0.3, 0.4) is 0 Å². The fourth-order valence-electron chi connectivity index (χ4n) is 1.36. The van der Waals surface area contributed by atoms with Gasteiger partial charge in [0.05, 0.1) is 17.3 Å². The maximum atomic E-state index is 9.43. The van der Waals surface area contributed by atoms with Crippen molar-refractivity contribution >= 4 is 0 Å². The number of aliphatic hydroxyl groups excluding tert-OH is 1. The highest BCUT2D eigenvalue weighted by atomic mass is 16.4. The van der Waals surface area contributed by atoms with E-state index in [-0.39, 0.29) is 0 Å². The van der Waals surface area contributed by atoms with Gasteiger partial charge in [0.1, 0.15) is 0 Å². The predicted molar refractivity (Wildman–Crippen MR) is 39.0 cm³/mol. The Balaban J connectivity index is 1.86. The summed E-state index contributed by atoms with van der Waals surface area (Å²) in [5, 5.41) is 28.3. The second kappa shape index (κ2) is 1.97. The quantitative estimate of drug-likeness (QED) is 0.532. The first-order valence-electron chi connectivity index (χ1n) is 4.17. The van der Waals surface area contributed by atoms with Gasteiger partial charge in [0.15, 0.2) is 0 Å². The average Bonchev–Trinajstić information content (AvgIpc) is 2.75. The number of hydrogen-bond donors (Lipinski definition) is 3. The first-order chi connectivity index (χ1) is 5.04. The van der Waals surface area contributed by atoms with Crippen LogP contribution >= 0.6 is 0 Å². The topological polar surface area (TPSA) is 60.7 Å². The largest absolute Gasteiger partial charge is 0.390 e. The van der Waals surface area contributed by atoms with Gasteiger partial charge in [0.25, 0.3) is 0 Å². The minimum atomic E-state index is -0.849. The third kappa shape index (κ3) is 1.41. The van der Waals surface area contributed by atoms with Crippen LogP contribution in [0.1, 0.15) is 32.1 Å². The highest BCUT2D eigenvalue weighted by Crippen LogP contribution is 2.46. The molecule has 2 fully saturated rings. The molecular formula is C8H14O3. The van der Waals surface area contributed by atoms with Crippen LogP contribution in [0.4, 0.5) is 0 Å². The van der Waals surface area contributed by atoms with E-state index in [1.54, 1.807) is 0 Å². The van der Waals surface area contributed by atoms with Gasteiger partial charge >= 0.3 is 0 Å². The Kier molecular flexibility index (Phi) is 1.35. The summed E-state index contributed by atoms with van der Waals surface area (Å²) in [5.74, 6) is 0. The van der Waals surface area contributed by atoms with Crippen molar-refractivity contribution in [2.45, 2.75) is 49.4 Å². The van der Waals surface area contributed by atoms with Crippen molar-refractivity contribution in [2.24, 2.45) is 0 Å². The molecule has 1 atom stereocenters. The second-order valence-electron chi connectivity index (χ2n) is 4.05. The minimum Gasteiger partial charge on any atom is -0.390 e. The van der Waals surface area contributed by atoms with E-state index in [0.717, 1.165) is 12.8 Å². The lowest BCUT2D eigenvalue weighted by Gasteiger charge is -2.19. The molecule has 0 aromatic heterocycles. The molecule has 2 saturated carbocycles. The first kappa shape index (κ1) is 7.53. The van der Waals surface area contributed by atoms with Gasteiger partial charge < -0.3 is 15.3 Å². The van der Waals surface area contributed by atoms with Gasteiger partial charge in [-0.2, -0.15) is 0 Å². The van der Waals surface area contributed by atoms with Gasteiger partial charge in [0, 0.05) is 6.42 Å². The summed E-state index contributed by atoms with van der Waals surface area (Å²) in [4.78, 5) is 0. The summed E-state index contributed by atoms with van der Waals surface area (Å²) in [7, 11) is 0. The fourth-order valence-corrected chi connectivity index (χ4v) is 1.36. The molecule has 0 aromatic rings. The van der Waals surface area contributed by atoms with Crippen LogP contribution in [0.15, 0.2) is 0 Å². The molecule has 3 N–H and O–H groups in total. The van der Waals surface area contributed by atoms with E-state index in [1.807, 2.05) is 0 Å². The van der Waals surface area contributed by atoms with Crippen molar-refractivity contribution in [2.75, 3.05) is 0 Å². The maximum Gasteiger partial charge on any atom is 0.0908 e. The lowest BCUT2D eigenvalue weighted by atomic mass is 10.0. The summed E-state index contributed by atoms with van der Waals surface area (Å²) < 4.78 is 0. The van der Waals surface area contributed by atoms with E-state index < -0.39 is 17.3 Å². The third-order valence-electron chi connectivity index (χ3n) is 2.78. The van der Waals surface area contributed by atoms with Gasteiger partial charge in [-0.05, 0) is 25.7 Å². The molecule has 0 saturated heterocycles. The minimum absolute atomic E-state index is 0.351. The van der Waals surface area contributed by atoms with Crippen LogP contribution < -0.4 is 0 Å². The summed E-state index contributed by atoms with van der Waals surface area (Å²) in [6.45, 7) is 0. The maximum absolute atomic E-state index is 9.43. The Labute approximate surface area is 65.7 Å². The zero-order valence-corrected chi connectivity index (χ0v) is 6.45. The lowest BCUT2D eigenvalue weighted by molar-refractivity contribution is -0.0340. The summed E-state index contributed by atoms with van der Waals surface area (Å²) in [6.07, 6.45) is 2.56. The van der Waals surface area contributed by atoms with Gasteiger partial charge in [0.2, 0.25) is 0 Å². The lowest BCUT2D eigenvalue weighted by Crippen LogP contribution is -2.32. The summed E-state index contributed by atoms with van der Waals surface area (Å²) in [5.41, 5.74) is -1.49. The summed E-state index contributed by atoms with van der Waals surface area (Å²) >= 11 is 0. The van der Waals surface area contributed by atoms with Crippen molar-refractivity contribution in [3.8, 4) is 0 Å². The molecule has 0 amide bonds. The SMILES string of the molecule is O[C@H](CC1(O)CC1)C1(O)CC1. The monoisotopic (exact) mass is 158 g/mol.